The highest BCUT2D eigenvalue weighted by atomic mass is 16.5. The van der Waals surface area contributed by atoms with E-state index in [1.54, 1.807) is 6.07 Å². The minimum absolute atomic E-state index is 0.0119. The molecule has 1 atom stereocenters. The molecule has 0 aromatic carbocycles. The Hall–Kier alpha value is -2.18. The minimum atomic E-state index is -0.445. The van der Waals surface area contributed by atoms with E-state index in [2.05, 4.69) is 15.3 Å². The number of nitrogens with zero attached hydrogens (tertiary/aromatic N) is 3. The van der Waals surface area contributed by atoms with Crippen LogP contribution in [0.15, 0.2) is 12.4 Å². The van der Waals surface area contributed by atoms with Gasteiger partial charge in [-0.3, -0.25) is 14.5 Å². The number of anilines is 1. The van der Waals surface area contributed by atoms with Gasteiger partial charge in [-0.25, -0.2) is 9.97 Å². The summed E-state index contributed by atoms with van der Waals surface area (Å²) >= 11 is 0. The Morgan fingerprint density at radius 1 is 1.40 bits per heavy atom. The van der Waals surface area contributed by atoms with Gasteiger partial charge in [0.1, 0.15) is 18.2 Å². The Morgan fingerprint density at radius 3 is 2.85 bits per heavy atom. The van der Waals surface area contributed by atoms with Crippen molar-refractivity contribution in [2.75, 3.05) is 12.4 Å². The molecule has 2 rings (SSSR count). The average molecular weight is 278 g/mol. The SMILES string of the molecule is CC(C)Oc1cc(NC2CCC(=O)N(C)C2=O)ncn1. The predicted octanol–water partition coefficient (Wildman–Crippen LogP) is 0.823. The molecule has 1 aliphatic rings. The summed E-state index contributed by atoms with van der Waals surface area (Å²) in [4.78, 5) is 32.6. The predicted molar refractivity (Wildman–Crippen MR) is 72.2 cm³/mol. The van der Waals surface area contributed by atoms with Crippen molar-refractivity contribution in [2.24, 2.45) is 0 Å². The Morgan fingerprint density at radius 2 is 2.15 bits per heavy atom. The van der Waals surface area contributed by atoms with Gasteiger partial charge in [-0.2, -0.15) is 0 Å². The van der Waals surface area contributed by atoms with E-state index in [0.29, 0.717) is 24.5 Å². The average Bonchev–Trinajstić information content (AvgIpc) is 2.39. The van der Waals surface area contributed by atoms with Gasteiger partial charge in [0.15, 0.2) is 0 Å². The van der Waals surface area contributed by atoms with Crippen LogP contribution in [0.1, 0.15) is 26.7 Å². The third-order valence-electron chi connectivity index (χ3n) is 2.97. The molecule has 0 spiro atoms. The maximum Gasteiger partial charge on any atom is 0.251 e. The molecule has 1 aromatic heterocycles. The monoisotopic (exact) mass is 278 g/mol. The molecule has 1 unspecified atom stereocenters. The van der Waals surface area contributed by atoms with Crippen LogP contribution in [0, 0.1) is 0 Å². The Bertz CT molecular complexity index is 518. The zero-order valence-corrected chi connectivity index (χ0v) is 11.8. The summed E-state index contributed by atoms with van der Waals surface area (Å²) in [5, 5.41) is 3.02. The lowest BCUT2D eigenvalue weighted by Gasteiger charge is -2.28. The molecule has 7 heteroatoms. The van der Waals surface area contributed by atoms with Crippen LogP contribution in [0.3, 0.4) is 0 Å². The van der Waals surface area contributed by atoms with Gasteiger partial charge < -0.3 is 10.1 Å². The molecule has 0 saturated carbocycles. The van der Waals surface area contributed by atoms with Gasteiger partial charge >= 0.3 is 0 Å². The van der Waals surface area contributed by atoms with Crippen LogP contribution in [0.25, 0.3) is 0 Å². The van der Waals surface area contributed by atoms with Gasteiger partial charge in [-0.15, -0.1) is 0 Å². The molecular formula is C13H18N4O3. The number of carbonyl (C=O) groups is 2. The molecule has 2 heterocycles. The number of amides is 2. The van der Waals surface area contributed by atoms with E-state index in [1.165, 1.54) is 13.4 Å². The third-order valence-corrected chi connectivity index (χ3v) is 2.97. The normalized spacial score (nSPS) is 19.4. The molecule has 0 bridgehead atoms. The molecule has 7 nitrogen and oxygen atoms in total. The molecule has 1 aromatic rings. The summed E-state index contributed by atoms with van der Waals surface area (Å²) in [6, 6.07) is 1.20. The molecule has 20 heavy (non-hydrogen) atoms. The number of hydrogen-bond donors (Lipinski definition) is 1. The zero-order valence-electron chi connectivity index (χ0n) is 11.8. The van der Waals surface area contributed by atoms with Crippen molar-refractivity contribution >= 4 is 17.6 Å². The summed E-state index contributed by atoms with van der Waals surface area (Å²) in [5.41, 5.74) is 0. The van der Waals surface area contributed by atoms with Crippen LogP contribution >= 0.6 is 0 Å². The second-order valence-electron chi connectivity index (χ2n) is 4.93. The van der Waals surface area contributed by atoms with Gasteiger partial charge in [-0.1, -0.05) is 0 Å². The van der Waals surface area contributed by atoms with Crippen molar-refractivity contribution in [1.29, 1.82) is 0 Å². The van der Waals surface area contributed by atoms with Crippen LogP contribution in [0.4, 0.5) is 5.82 Å². The molecular weight excluding hydrogens is 260 g/mol. The number of hydrogen-bond acceptors (Lipinski definition) is 6. The van der Waals surface area contributed by atoms with Crippen LogP contribution < -0.4 is 10.1 Å². The van der Waals surface area contributed by atoms with E-state index >= 15 is 0 Å². The second-order valence-corrected chi connectivity index (χ2v) is 4.93. The van der Waals surface area contributed by atoms with Crippen LogP contribution in [0.5, 0.6) is 5.88 Å². The topological polar surface area (TPSA) is 84.4 Å². The first-order valence-corrected chi connectivity index (χ1v) is 6.53. The Balaban J connectivity index is 2.06. The molecule has 1 fully saturated rings. The maximum absolute atomic E-state index is 12.0. The number of piperidine rings is 1. The van der Waals surface area contributed by atoms with Gasteiger partial charge in [0, 0.05) is 19.5 Å². The van der Waals surface area contributed by atoms with Crippen molar-refractivity contribution in [2.45, 2.75) is 38.8 Å². The van der Waals surface area contributed by atoms with E-state index in [0.717, 1.165) is 4.90 Å². The Kier molecular flexibility index (Phi) is 4.16. The fourth-order valence-corrected chi connectivity index (χ4v) is 1.95. The number of imide groups is 1. The molecule has 1 N–H and O–H groups in total. The number of likely N-dealkylation sites (tertiary alicyclic amines) is 1. The lowest BCUT2D eigenvalue weighted by atomic mass is 10.0. The summed E-state index contributed by atoms with van der Waals surface area (Å²) in [7, 11) is 1.49. The fourth-order valence-electron chi connectivity index (χ4n) is 1.95. The summed E-state index contributed by atoms with van der Waals surface area (Å²) in [5.74, 6) is 0.563. The number of likely N-dealkylation sites (N-methyl/N-ethyl adjacent to an activating group) is 1. The molecule has 0 aliphatic carbocycles. The highest BCUT2D eigenvalue weighted by Gasteiger charge is 2.31. The number of nitrogens with one attached hydrogen (secondary N) is 1. The van der Waals surface area contributed by atoms with Gasteiger partial charge in [0.25, 0.3) is 5.91 Å². The summed E-state index contributed by atoms with van der Waals surface area (Å²) in [6.45, 7) is 3.81. The molecule has 1 saturated heterocycles. The van der Waals surface area contributed by atoms with Crippen LogP contribution in [-0.4, -0.2) is 45.9 Å². The molecule has 2 amide bonds. The van der Waals surface area contributed by atoms with Crippen molar-refractivity contribution in [3.8, 4) is 5.88 Å². The first-order valence-electron chi connectivity index (χ1n) is 6.53. The van der Waals surface area contributed by atoms with Gasteiger partial charge in [-0.05, 0) is 20.3 Å². The highest BCUT2D eigenvalue weighted by molar-refractivity contribution is 6.01. The van der Waals surface area contributed by atoms with E-state index < -0.39 is 6.04 Å². The van der Waals surface area contributed by atoms with Crippen molar-refractivity contribution in [3.05, 3.63) is 12.4 Å². The molecule has 0 radical (unpaired) electrons. The largest absolute Gasteiger partial charge is 0.475 e. The first kappa shape index (κ1) is 14.2. The third kappa shape index (κ3) is 3.23. The van der Waals surface area contributed by atoms with Crippen LogP contribution in [-0.2, 0) is 9.59 Å². The Labute approximate surface area is 117 Å². The second kappa shape index (κ2) is 5.85. The van der Waals surface area contributed by atoms with E-state index in [-0.39, 0.29) is 17.9 Å². The maximum atomic E-state index is 12.0. The van der Waals surface area contributed by atoms with E-state index in [1.807, 2.05) is 13.8 Å². The van der Waals surface area contributed by atoms with Crippen molar-refractivity contribution in [1.82, 2.24) is 14.9 Å². The van der Waals surface area contributed by atoms with Crippen molar-refractivity contribution < 1.29 is 14.3 Å². The lowest BCUT2D eigenvalue weighted by Crippen LogP contribution is -2.48. The van der Waals surface area contributed by atoms with Crippen LogP contribution in [0.2, 0.25) is 0 Å². The van der Waals surface area contributed by atoms with Gasteiger partial charge in [0.05, 0.1) is 6.10 Å². The number of aromatic nitrogens is 2. The molecule has 108 valence electrons. The van der Waals surface area contributed by atoms with Gasteiger partial charge in [0.2, 0.25) is 11.8 Å². The van der Waals surface area contributed by atoms with Crippen molar-refractivity contribution in [3.63, 3.8) is 0 Å². The van der Waals surface area contributed by atoms with E-state index in [9.17, 15) is 9.59 Å². The minimum Gasteiger partial charge on any atom is -0.475 e. The highest BCUT2D eigenvalue weighted by Crippen LogP contribution is 2.18. The number of carbonyl (C=O) groups excluding carboxylic acids is 2. The molecule has 1 aliphatic heterocycles. The number of rotatable bonds is 4. The summed E-state index contributed by atoms with van der Waals surface area (Å²) < 4.78 is 5.47. The number of ether oxygens (including phenoxy) is 1. The first-order chi connectivity index (χ1) is 9.47. The lowest BCUT2D eigenvalue weighted by molar-refractivity contribution is -0.146. The summed E-state index contributed by atoms with van der Waals surface area (Å²) in [6.07, 6.45) is 2.20. The fraction of sp³-hybridized carbons (Fsp3) is 0.538. The standard InChI is InChI=1S/C13H18N4O3/c1-8(2)20-11-6-10(14-7-15-11)16-9-4-5-12(18)17(3)13(9)19/h6-9H,4-5H2,1-3H3,(H,14,15,16). The smallest absolute Gasteiger partial charge is 0.251 e. The van der Waals surface area contributed by atoms with E-state index in [4.69, 9.17) is 4.74 Å². The zero-order chi connectivity index (χ0) is 14.7. The quantitative estimate of drug-likeness (QED) is 0.821.